The Balaban J connectivity index is 2.77. The third-order valence-corrected chi connectivity index (χ3v) is 1.92. The summed E-state index contributed by atoms with van der Waals surface area (Å²) in [6.45, 7) is 2.37. The van der Waals surface area contributed by atoms with Gasteiger partial charge in [-0.2, -0.15) is 13.2 Å². The van der Waals surface area contributed by atoms with Crippen molar-refractivity contribution in [3.05, 3.63) is 11.1 Å². The lowest BCUT2D eigenvalue weighted by Crippen LogP contribution is -2.05. The second-order valence-electron chi connectivity index (χ2n) is 2.07. The van der Waals surface area contributed by atoms with Gasteiger partial charge in [-0.05, 0) is 6.92 Å². The Morgan fingerprint density at radius 1 is 1.58 bits per heavy atom. The molecule has 1 heterocycles. The monoisotopic (exact) mass is 196 g/mol. The number of hydrogen-bond acceptors (Lipinski definition) is 3. The fourth-order valence-corrected chi connectivity index (χ4v) is 1.42. The first-order valence-corrected chi connectivity index (χ1v) is 4.18. The second-order valence-corrected chi connectivity index (χ2v) is 2.92. The van der Waals surface area contributed by atoms with Crippen LogP contribution in [0.25, 0.3) is 0 Å². The fourth-order valence-electron chi connectivity index (χ4n) is 0.636. The minimum atomic E-state index is -4.33. The largest absolute Gasteiger partial charge is 0.434 e. The van der Waals surface area contributed by atoms with E-state index >= 15 is 0 Å². The Morgan fingerprint density at radius 3 is 2.67 bits per heavy atom. The molecule has 0 atom stereocenters. The van der Waals surface area contributed by atoms with E-state index in [1.54, 1.807) is 6.92 Å². The molecule has 12 heavy (non-hydrogen) atoms. The molecule has 68 valence electrons. The van der Waals surface area contributed by atoms with Crippen LogP contribution in [0.3, 0.4) is 0 Å². The zero-order chi connectivity index (χ0) is 9.19. The van der Waals surface area contributed by atoms with E-state index in [2.05, 4.69) is 10.3 Å². The fraction of sp³-hybridized carbons (Fsp3) is 0.500. The van der Waals surface area contributed by atoms with Gasteiger partial charge in [-0.3, -0.25) is 0 Å². The highest BCUT2D eigenvalue weighted by molar-refractivity contribution is 7.13. The quantitative estimate of drug-likeness (QED) is 0.786. The normalized spacial score (nSPS) is 11.7. The van der Waals surface area contributed by atoms with Crippen LogP contribution in [-0.2, 0) is 6.18 Å². The van der Waals surface area contributed by atoms with Gasteiger partial charge < -0.3 is 5.32 Å². The third kappa shape index (κ3) is 2.10. The van der Waals surface area contributed by atoms with E-state index in [4.69, 9.17) is 0 Å². The first-order chi connectivity index (χ1) is 5.54. The van der Waals surface area contributed by atoms with Crippen LogP contribution in [0.1, 0.15) is 12.6 Å². The highest BCUT2D eigenvalue weighted by Crippen LogP contribution is 2.31. The third-order valence-electron chi connectivity index (χ3n) is 1.12. The van der Waals surface area contributed by atoms with Crippen LogP contribution in [0.5, 0.6) is 0 Å². The van der Waals surface area contributed by atoms with E-state index in [1.165, 1.54) is 0 Å². The molecule has 6 heteroatoms. The molecule has 0 spiro atoms. The number of hydrogen-bond donors (Lipinski definition) is 1. The molecule has 0 aliphatic rings. The van der Waals surface area contributed by atoms with E-state index < -0.39 is 11.9 Å². The zero-order valence-electron chi connectivity index (χ0n) is 6.27. The maximum atomic E-state index is 12.0. The Hall–Kier alpha value is -0.780. The first kappa shape index (κ1) is 9.31. The maximum absolute atomic E-state index is 12.0. The number of nitrogens with one attached hydrogen (secondary N) is 1. The summed E-state index contributed by atoms with van der Waals surface area (Å²) >= 11 is 0.959. The lowest BCUT2D eigenvalue weighted by Gasteiger charge is -2.00. The number of alkyl halides is 3. The predicted molar refractivity (Wildman–Crippen MR) is 41.3 cm³/mol. The van der Waals surface area contributed by atoms with Crippen molar-refractivity contribution in [1.82, 2.24) is 4.98 Å². The molecule has 1 N–H and O–H groups in total. The molecular weight excluding hydrogens is 189 g/mol. The zero-order valence-corrected chi connectivity index (χ0v) is 7.09. The van der Waals surface area contributed by atoms with Gasteiger partial charge in [-0.25, -0.2) is 4.98 Å². The molecule has 1 aromatic rings. The highest BCUT2D eigenvalue weighted by Gasteiger charge is 2.33. The van der Waals surface area contributed by atoms with Crippen molar-refractivity contribution in [1.29, 1.82) is 0 Å². The first-order valence-electron chi connectivity index (χ1n) is 3.30. The van der Waals surface area contributed by atoms with Crippen LogP contribution >= 0.6 is 11.3 Å². The van der Waals surface area contributed by atoms with Crippen LogP contribution in [0.4, 0.5) is 18.3 Å². The molecule has 0 amide bonds. The number of halogens is 3. The van der Waals surface area contributed by atoms with Crippen molar-refractivity contribution in [2.75, 3.05) is 11.9 Å². The molecule has 0 aromatic carbocycles. The molecule has 0 unspecified atom stereocenters. The van der Waals surface area contributed by atoms with Crippen LogP contribution in [-0.4, -0.2) is 11.5 Å². The molecule has 0 aliphatic heterocycles. The molecular formula is C6H7F3N2S. The highest BCUT2D eigenvalue weighted by atomic mass is 32.1. The van der Waals surface area contributed by atoms with E-state index in [1.807, 2.05) is 0 Å². The van der Waals surface area contributed by atoms with Gasteiger partial charge in [-0.15, -0.1) is 11.3 Å². The Bertz CT molecular complexity index is 256. The number of aromatic nitrogens is 1. The molecule has 2 nitrogen and oxygen atoms in total. The Labute approximate surface area is 71.4 Å². The summed E-state index contributed by atoms with van der Waals surface area (Å²) in [6.07, 6.45) is -4.33. The second kappa shape index (κ2) is 3.30. The topological polar surface area (TPSA) is 24.9 Å². The lowest BCUT2D eigenvalue weighted by atomic mass is 10.5. The van der Waals surface area contributed by atoms with Gasteiger partial charge >= 0.3 is 6.18 Å². The van der Waals surface area contributed by atoms with Crippen LogP contribution in [0, 0.1) is 0 Å². The molecule has 0 saturated carbocycles. The van der Waals surface area contributed by atoms with Crippen molar-refractivity contribution >= 4 is 16.5 Å². The van der Waals surface area contributed by atoms with Gasteiger partial charge in [0, 0.05) is 11.9 Å². The smallest absolute Gasteiger partial charge is 0.362 e. The molecule has 0 aliphatic carbocycles. The van der Waals surface area contributed by atoms with Crippen LogP contribution in [0.2, 0.25) is 0 Å². The molecule has 0 bridgehead atoms. The number of anilines is 1. The van der Waals surface area contributed by atoms with Crippen LogP contribution < -0.4 is 5.32 Å². The summed E-state index contributed by atoms with van der Waals surface area (Å²) in [5, 5.41) is 4.02. The number of nitrogens with zero attached hydrogens (tertiary/aromatic N) is 1. The van der Waals surface area contributed by atoms with E-state index in [0.717, 1.165) is 16.7 Å². The van der Waals surface area contributed by atoms with Crippen molar-refractivity contribution in [3.63, 3.8) is 0 Å². The van der Waals surface area contributed by atoms with Gasteiger partial charge in [0.1, 0.15) is 0 Å². The SMILES string of the molecule is CCNc1nc(C(F)(F)F)cs1. The molecule has 0 fully saturated rings. The minimum absolute atomic E-state index is 0.310. The van der Waals surface area contributed by atoms with Crippen molar-refractivity contribution in [2.24, 2.45) is 0 Å². The lowest BCUT2D eigenvalue weighted by molar-refractivity contribution is -0.140. The summed E-state index contributed by atoms with van der Waals surface area (Å²) in [4.78, 5) is 3.35. The Morgan fingerprint density at radius 2 is 2.25 bits per heavy atom. The van der Waals surface area contributed by atoms with Gasteiger partial charge in [-0.1, -0.05) is 0 Å². The van der Waals surface area contributed by atoms with Crippen molar-refractivity contribution in [2.45, 2.75) is 13.1 Å². The van der Waals surface area contributed by atoms with Gasteiger partial charge in [0.15, 0.2) is 10.8 Å². The van der Waals surface area contributed by atoms with Crippen LogP contribution in [0.15, 0.2) is 5.38 Å². The summed E-state index contributed by atoms with van der Waals surface area (Å²) < 4.78 is 35.9. The molecule has 1 rings (SSSR count). The minimum Gasteiger partial charge on any atom is -0.362 e. The van der Waals surface area contributed by atoms with Gasteiger partial charge in [0.2, 0.25) is 0 Å². The average Bonchev–Trinajstić information content (AvgIpc) is 2.35. The molecule has 0 radical (unpaired) electrons. The summed E-state index contributed by atoms with van der Waals surface area (Å²) in [5.74, 6) is 0. The summed E-state index contributed by atoms with van der Waals surface area (Å²) in [6, 6.07) is 0. The maximum Gasteiger partial charge on any atom is 0.434 e. The van der Waals surface area contributed by atoms with E-state index in [-0.39, 0.29) is 0 Å². The summed E-state index contributed by atoms with van der Waals surface area (Å²) in [7, 11) is 0. The Kier molecular flexibility index (Phi) is 2.56. The number of thiazole rings is 1. The van der Waals surface area contributed by atoms with E-state index in [0.29, 0.717) is 11.7 Å². The molecule has 0 saturated heterocycles. The summed E-state index contributed by atoms with van der Waals surface area (Å²) in [5.41, 5.74) is -0.830. The molecule has 1 aromatic heterocycles. The average molecular weight is 196 g/mol. The van der Waals surface area contributed by atoms with Gasteiger partial charge in [0.05, 0.1) is 0 Å². The van der Waals surface area contributed by atoms with Crippen molar-refractivity contribution in [3.8, 4) is 0 Å². The predicted octanol–water partition coefficient (Wildman–Crippen LogP) is 2.59. The van der Waals surface area contributed by atoms with E-state index in [9.17, 15) is 13.2 Å². The number of rotatable bonds is 2. The standard InChI is InChI=1S/C6H7F3N2S/c1-2-10-5-11-4(3-12-5)6(7,8)9/h3H,2H2,1H3,(H,10,11). The van der Waals surface area contributed by atoms with Crippen molar-refractivity contribution < 1.29 is 13.2 Å². The van der Waals surface area contributed by atoms with Gasteiger partial charge in [0.25, 0.3) is 0 Å².